The van der Waals surface area contributed by atoms with E-state index in [-0.39, 0.29) is 24.8 Å². The fraction of sp³-hybridized carbons (Fsp3) is 0.600. The van der Waals surface area contributed by atoms with Crippen LogP contribution >= 0.6 is 24.8 Å². The summed E-state index contributed by atoms with van der Waals surface area (Å²) in [5, 5.41) is 3.62. The van der Waals surface area contributed by atoms with E-state index in [1.54, 1.807) is 11.1 Å². The Bertz CT molecular complexity index is 719. The Kier molecular flexibility index (Phi) is 8.39. The van der Waals surface area contributed by atoms with Crippen molar-refractivity contribution in [3.63, 3.8) is 0 Å². The van der Waals surface area contributed by atoms with Crippen LogP contribution in [0.15, 0.2) is 40.4 Å². The molecule has 0 amide bonds. The smallest absolute Gasteiger partial charge is 0.147 e. The van der Waals surface area contributed by atoms with Crippen molar-refractivity contribution in [3.05, 3.63) is 40.4 Å². The predicted molar refractivity (Wildman–Crippen MR) is 132 cm³/mol. The monoisotopic (exact) mass is 614 g/mol. The van der Waals surface area contributed by atoms with Gasteiger partial charge in [-0.15, -0.1) is 24.8 Å². The average molecular weight is 614 g/mol. The molecule has 0 saturated carbocycles. The molecular formula is C20H40Cl2HfSi3. The van der Waals surface area contributed by atoms with Gasteiger partial charge in [0.2, 0.25) is 0 Å². The molecule has 150 valence electrons. The van der Waals surface area contributed by atoms with E-state index in [4.69, 9.17) is 0 Å². The standard InChI is InChI=1S/2C9H15Si.2CH3.2ClH.Hf.H2Si/c2*1-8-5-6-9(7-8)10(2,3)4;;;;;;/h2*7H,5H2,1-4H3;2*1H3;2*1H;;1H2. The summed E-state index contributed by atoms with van der Waals surface area (Å²) in [5.74, 6) is 0. The molecule has 0 atom stereocenters. The molecule has 0 aromatic carbocycles. The molecule has 26 heavy (non-hydrogen) atoms. The molecule has 0 heterocycles. The fourth-order valence-electron chi connectivity index (χ4n) is 4.47. The van der Waals surface area contributed by atoms with Gasteiger partial charge in [-0.1, -0.05) is 0 Å². The minimum absolute atomic E-state index is 0. The summed E-state index contributed by atoms with van der Waals surface area (Å²) in [6.07, 6.45) is 7.71. The maximum absolute atomic E-state index is 3.22. The van der Waals surface area contributed by atoms with Crippen molar-refractivity contribution in [2.75, 3.05) is 0 Å². The number of halogens is 2. The van der Waals surface area contributed by atoms with E-state index in [0.717, 1.165) is 0 Å². The van der Waals surface area contributed by atoms with Gasteiger partial charge in [0.25, 0.3) is 0 Å². The van der Waals surface area contributed by atoms with E-state index < -0.39 is 33.3 Å². The zero-order chi connectivity index (χ0) is 18.7. The first-order chi connectivity index (χ1) is 10.5. The number of allylic oxidation sites excluding steroid dienone is 8. The maximum atomic E-state index is 2.75. The Balaban J connectivity index is 0.00000312. The Morgan fingerprint density at radius 3 is 1.23 bits per heavy atom. The third kappa shape index (κ3) is 5.15. The molecule has 0 aromatic rings. The van der Waals surface area contributed by atoms with Crippen molar-refractivity contribution < 1.29 is 17.1 Å². The first kappa shape index (κ1) is 27.1. The third-order valence-corrected chi connectivity index (χ3v) is 35.9. The Morgan fingerprint density at radius 1 is 0.731 bits per heavy atom. The topological polar surface area (TPSA) is 0 Å². The third-order valence-electron chi connectivity index (χ3n) is 5.89. The van der Waals surface area contributed by atoms with Crippen LogP contribution < -0.4 is 0 Å². The fourth-order valence-corrected chi connectivity index (χ4v) is 44.6. The minimum Gasteiger partial charge on any atom is -0.147 e. The molecule has 0 radical (unpaired) electrons. The molecule has 0 unspecified atom stereocenters. The molecule has 0 bridgehead atoms. The molecule has 6 heteroatoms. The largest absolute Gasteiger partial charge is 0.147 e. The molecule has 0 nitrogen and oxygen atoms in total. The van der Waals surface area contributed by atoms with E-state index in [2.05, 4.69) is 81.6 Å². The van der Waals surface area contributed by atoms with Gasteiger partial charge in [-0.2, -0.15) is 0 Å². The molecule has 0 aliphatic heterocycles. The van der Waals surface area contributed by atoms with Gasteiger partial charge in [0, 0.05) is 0 Å². The zero-order valence-electron chi connectivity index (χ0n) is 18.6. The summed E-state index contributed by atoms with van der Waals surface area (Å²) in [7, 11) is -2.57. The number of rotatable bonds is 4. The molecule has 0 aromatic heterocycles. The van der Waals surface area contributed by atoms with Crippen LogP contribution in [-0.2, 0) is 17.1 Å². The second-order valence-corrected chi connectivity index (χ2v) is 62.4. The van der Waals surface area contributed by atoms with Gasteiger partial charge in [-0.05, 0) is 0 Å². The summed E-state index contributed by atoms with van der Waals surface area (Å²) in [6, 6.07) is 0. The van der Waals surface area contributed by atoms with E-state index in [0.29, 0.717) is 0 Å². The number of hydrogen-bond acceptors (Lipinski definition) is 0. The summed E-state index contributed by atoms with van der Waals surface area (Å²) in [5.41, 5.74) is 3.22. The van der Waals surface area contributed by atoms with Crippen LogP contribution in [0.5, 0.6) is 0 Å². The average Bonchev–Trinajstić information content (AvgIpc) is 2.91. The van der Waals surface area contributed by atoms with Gasteiger partial charge in [-0.25, -0.2) is 0 Å². The van der Waals surface area contributed by atoms with Crippen molar-refractivity contribution in [2.45, 2.75) is 75.3 Å². The summed E-state index contributed by atoms with van der Waals surface area (Å²) in [6.45, 7) is 22.4. The van der Waals surface area contributed by atoms with Gasteiger partial charge >= 0.3 is 156 Å². The van der Waals surface area contributed by atoms with Crippen molar-refractivity contribution in [2.24, 2.45) is 0 Å². The quantitative estimate of drug-likeness (QED) is 0.296. The van der Waals surface area contributed by atoms with E-state index in [1.807, 2.05) is 17.1 Å². The SMILES string of the molecule is CC1=CC([Si](C)(C)C)=[C]([Hf]([CH3])([CH3])(=[SiH2])[C]2=C([Si](C)(C)C)C=C(C)C2)C1.Cl.Cl. The van der Waals surface area contributed by atoms with Crippen molar-refractivity contribution in [1.82, 2.24) is 0 Å². The first-order valence-electron chi connectivity index (χ1n) is 9.42. The van der Waals surface area contributed by atoms with E-state index >= 15 is 0 Å². The molecule has 0 N–H and O–H groups in total. The van der Waals surface area contributed by atoms with Gasteiger partial charge in [-0.3, -0.25) is 0 Å². The summed E-state index contributed by atoms with van der Waals surface area (Å²) in [4.78, 5) is 0. The van der Waals surface area contributed by atoms with Crippen LogP contribution in [0.2, 0.25) is 48.6 Å². The van der Waals surface area contributed by atoms with Crippen LogP contribution in [0.3, 0.4) is 0 Å². The van der Waals surface area contributed by atoms with Crippen molar-refractivity contribution >= 4 is 47.9 Å². The van der Waals surface area contributed by atoms with Crippen LogP contribution in [0.1, 0.15) is 26.7 Å². The summed E-state index contributed by atoms with van der Waals surface area (Å²) < 4.78 is 9.38. The normalized spacial score (nSPS) is 19.2. The van der Waals surface area contributed by atoms with Crippen molar-refractivity contribution in [3.8, 4) is 0 Å². The molecule has 0 saturated heterocycles. The first-order valence-corrected chi connectivity index (χ1v) is 35.5. The van der Waals surface area contributed by atoms with Crippen LogP contribution in [0, 0.1) is 0 Å². The second kappa shape index (κ2) is 8.06. The Labute approximate surface area is 179 Å². The molecule has 2 aliphatic rings. The minimum atomic E-state index is -3.22. The Morgan fingerprint density at radius 2 is 1.00 bits per heavy atom. The van der Waals surface area contributed by atoms with Crippen LogP contribution in [0.4, 0.5) is 0 Å². The van der Waals surface area contributed by atoms with Crippen LogP contribution in [0.25, 0.3) is 0 Å². The molecular weight excluding hydrogens is 574 g/mol. The van der Waals surface area contributed by atoms with Gasteiger partial charge in [0.1, 0.15) is 0 Å². The number of hydrogen-bond donors (Lipinski definition) is 0. The summed E-state index contributed by atoms with van der Waals surface area (Å²) >= 11 is -3.22. The zero-order valence-corrected chi connectivity index (χ0v) is 27.2. The van der Waals surface area contributed by atoms with Crippen molar-refractivity contribution in [1.29, 1.82) is 0 Å². The molecule has 2 rings (SSSR count). The van der Waals surface area contributed by atoms with Gasteiger partial charge in [0.15, 0.2) is 0 Å². The maximum Gasteiger partial charge on any atom is -0.147 e. The van der Waals surface area contributed by atoms with Gasteiger partial charge in [0.05, 0.1) is 0 Å². The van der Waals surface area contributed by atoms with Crippen LogP contribution in [-0.4, -0.2) is 23.1 Å². The molecule has 0 fully saturated rings. The molecule has 0 spiro atoms. The van der Waals surface area contributed by atoms with E-state index in [1.165, 1.54) is 12.8 Å². The van der Waals surface area contributed by atoms with E-state index in [9.17, 15) is 0 Å². The van der Waals surface area contributed by atoms with Gasteiger partial charge < -0.3 is 0 Å². The predicted octanol–water partition coefficient (Wildman–Crippen LogP) is 7.13. The second-order valence-electron chi connectivity index (χ2n) is 11.3. The Hall–Kier alpha value is 1.06. The molecule has 2 aliphatic carbocycles.